The van der Waals surface area contributed by atoms with E-state index in [9.17, 15) is 13.6 Å². The monoisotopic (exact) mass is 293 g/mol. The van der Waals surface area contributed by atoms with Crippen molar-refractivity contribution in [1.82, 2.24) is 0 Å². The zero-order valence-corrected chi connectivity index (χ0v) is 9.84. The third-order valence-corrected chi connectivity index (χ3v) is 2.46. The van der Waals surface area contributed by atoms with Crippen LogP contribution in [0.4, 0.5) is 14.5 Å². The van der Waals surface area contributed by atoms with E-state index in [1.807, 2.05) is 0 Å². The molecule has 1 aromatic rings. The van der Waals surface area contributed by atoms with E-state index in [2.05, 4.69) is 20.7 Å². The van der Waals surface area contributed by atoms with Gasteiger partial charge in [-0.1, -0.05) is 15.9 Å². The molecule has 0 heterocycles. The molecule has 0 fully saturated rings. The lowest BCUT2D eigenvalue weighted by atomic mass is 10.1. The second-order valence-electron chi connectivity index (χ2n) is 3.09. The Morgan fingerprint density at radius 1 is 1.50 bits per heavy atom. The number of nitrogen functional groups attached to an aromatic ring is 1. The van der Waals surface area contributed by atoms with Crippen LogP contribution < -0.4 is 10.5 Å². The van der Waals surface area contributed by atoms with Gasteiger partial charge in [-0.3, -0.25) is 4.79 Å². The second kappa shape index (κ2) is 5.79. The summed E-state index contributed by atoms with van der Waals surface area (Å²) in [6, 6.07) is 4.23. The van der Waals surface area contributed by atoms with E-state index in [1.54, 1.807) is 0 Å². The second-order valence-corrected chi connectivity index (χ2v) is 3.66. The molecule has 16 heavy (non-hydrogen) atoms. The van der Waals surface area contributed by atoms with Crippen molar-refractivity contribution in [1.29, 1.82) is 0 Å². The summed E-state index contributed by atoms with van der Waals surface area (Å²) in [7, 11) is 0. The molecule has 0 aliphatic rings. The number of carbonyl (C=O) groups is 1. The Morgan fingerprint density at radius 2 is 2.19 bits per heavy atom. The number of nitrogens with two attached hydrogens (primary N) is 1. The van der Waals surface area contributed by atoms with Crippen LogP contribution in [0, 0.1) is 0 Å². The first-order valence-electron chi connectivity index (χ1n) is 4.44. The van der Waals surface area contributed by atoms with Gasteiger partial charge in [0.2, 0.25) is 0 Å². The summed E-state index contributed by atoms with van der Waals surface area (Å²) >= 11 is 3.00. The molecule has 0 bridgehead atoms. The molecule has 0 spiro atoms. The Morgan fingerprint density at radius 3 is 2.75 bits per heavy atom. The van der Waals surface area contributed by atoms with Crippen molar-refractivity contribution in [2.75, 3.05) is 11.1 Å². The largest absolute Gasteiger partial charge is 0.435 e. The maximum Gasteiger partial charge on any atom is 0.387 e. The molecular formula is C10H10BrF2NO2. The predicted molar refractivity (Wildman–Crippen MR) is 60.0 cm³/mol. The highest BCUT2D eigenvalue weighted by Crippen LogP contribution is 2.24. The summed E-state index contributed by atoms with van der Waals surface area (Å²) in [6.45, 7) is -2.92. The molecule has 0 unspecified atom stereocenters. The van der Waals surface area contributed by atoms with Crippen LogP contribution in [0.2, 0.25) is 0 Å². The van der Waals surface area contributed by atoms with Gasteiger partial charge >= 0.3 is 6.61 Å². The van der Waals surface area contributed by atoms with Crippen molar-refractivity contribution in [3.8, 4) is 5.75 Å². The molecule has 2 N–H and O–H groups in total. The van der Waals surface area contributed by atoms with Crippen molar-refractivity contribution in [2.24, 2.45) is 0 Å². The molecule has 0 aliphatic heterocycles. The van der Waals surface area contributed by atoms with Gasteiger partial charge in [-0.25, -0.2) is 0 Å². The van der Waals surface area contributed by atoms with Gasteiger partial charge in [0.05, 0.1) is 5.33 Å². The van der Waals surface area contributed by atoms with Crippen LogP contribution in [-0.2, 0) is 11.2 Å². The van der Waals surface area contributed by atoms with E-state index in [-0.39, 0.29) is 23.3 Å². The average molecular weight is 294 g/mol. The summed E-state index contributed by atoms with van der Waals surface area (Å²) in [6.07, 6.45) is 0.0122. The van der Waals surface area contributed by atoms with Crippen LogP contribution in [0.25, 0.3) is 0 Å². The quantitative estimate of drug-likeness (QED) is 0.670. The number of ether oxygens (including phenoxy) is 1. The topological polar surface area (TPSA) is 52.3 Å². The van der Waals surface area contributed by atoms with E-state index in [0.29, 0.717) is 11.3 Å². The van der Waals surface area contributed by atoms with Gasteiger partial charge in [-0.15, -0.1) is 0 Å². The Kier molecular flexibility index (Phi) is 4.67. The number of rotatable bonds is 5. The molecule has 3 nitrogen and oxygen atoms in total. The van der Waals surface area contributed by atoms with Gasteiger partial charge in [0.25, 0.3) is 0 Å². The first kappa shape index (κ1) is 12.9. The summed E-state index contributed by atoms with van der Waals surface area (Å²) in [5, 5.41) is 0.163. The summed E-state index contributed by atoms with van der Waals surface area (Å²) in [4.78, 5) is 11.2. The van der Waals surface area contributed by atoms with Crippen LogP contribution in [0.1, 0.15) is 5.56 Å². The van der Waals surface area contributed by atoms with Gasteiger partial charge < -0.3 is 10.5 Å². The van der Waals surface area contributed by atoms with E-state index < -0.39 is 6.61 Å². The highest BCUT2D eigenvalue weighted by atomic mass is 79.9. The lowest BCUT2D eigenvalue weighted by molar-refractivity contribution is -0.116. The van der Waals surface area contributed by atoms with Crippen molar-refractivity contribution >= 4 is 27.4 Å². The van der Waals surface area contributed by atoms with Crippen LogP contribution >= 0.6 is 15.9 Å². The van der Waals surface area contributed by atoms with Gasteiger partial charge in [0.15, 0.2) is 0 Å². The highest BCUT2D eigenvalue weighted by Gasteiger charge is 2.12. The first-order chi connectivity index (χ1) is 7.52. The van der Waals surface area contributed by atoms with Gasteiger partial charge in [0, 0.05) is 17.7 Å². The molecular weight excluding hydrogens is 284 g/mol. The third-order valence-electron chi connectivity index (χ3n) is 1.84. The van der Waals surface area contributed by atoms with Crippen LogP contribution in [-0.4, -0.2) is 17.7 Å². The van der Waals surface area contributed by atoms with E-state index in [1.165, 1.54) is 18.2 Å². The molecule has 0 radical (unpaired) electrons. The number of hydrogen-bond donors (Lipinski definition) is 1. The molecule has 0 atom stereocenters. The molecule has 0 amide bonds. The van der Waals surface area contributed by atoms with Crippen molar-refractivity contribution < 1.29 is 18.3 Å². The lowest BCUT2D eigenvalue weighted by Crippen LogP contribution is -2.09. The number of halogens is 3. The number of alkyl halides is 3. The Balaban J connectivity index is 2.93. The maximum absolute atomic E-state index is 12.1. The normalized spacial score (nSPS) is 10.5. The number of Topliss-reactive ketones (excluding diaryl/α,β-unsaturated/α-hetero) is 1. The number of benzene rings is 1. The van der Waals surface area contributed by atoms with E-state index >= 15 is 0 Å². The molecule has 0 aliphatic carbocycles. The van der Waals surface area contributed by atoms with Gasteiger partial charge in [-0.05, 0) is 18.2 Å². The van der Waals surface area contributed by atoms with Crippen LogP contribution in [0.3, 0.4) is 0 Å². The molecule has 88 valence electrons. The van der Waals surface area contributed by atoms with Crippen LogP contribution in [0.15, 0.2) is 18.2 Å². The number of anilines is 1. The predicted octanol–water partition coefficient (Wildman–Crippen LogP) is 2.38. The van der Waals surface area contributed by atoms with Crippen molar-refractivity contribution in [2.45, 2.75) is 13.0 Å². The molecule has 6 heteroatoms. The molecule has 1 rings (SSSR count). The third kappa shape index (κ3) is 3.77. The first-order valence-corrected chi connectivity index (χ1v) is 5.56. The van der Waals surface area contributed by atoms with E-state index in [0.717, 1.165) is 0 Å². The number of ketones is 1. The Bertz CT molecular complexity index is 385. The Hall–Kier alpha value is -1.17. The molecule has 0 saturated heterocycles. The fourth-order valence-electron chi connectivity index (χ4n) is 1.21. The van der Waals surface area contributed by atoms with Gasteiger partial charge in [-0.2, -0.15) is 8.78 Å². The summed E-state index contributed by atoms with van der Waals surface area (Å²) in [5.41, 5.74) is 6.28. The van der Waals surface area contributed by atoms with Crippen molar-refractivity contribution in [3.05, 3.63) is 23.8 Å². The summed E-state index contributed by atoms with van der Waals surface area (Å²) in [5.74, 6) is -0.150. The maximum atomic E-state index is 12.1. The van der Waals surface area contributed by atoms with E-state index in [4.69, 9.17) is 5.73 Å². The standard InChI is InChI=1S/C10H10BrF2NO2/c11-5-8(15)4-6-3-7(14)1-2-9(6)16-10(12)13/h1-3,10H,4-5,14H2. The SMILES string of the molecule is Nc1ccc(OC(F)F)c(CC(=O)CBr)c1. The highest BCUT2D eigenvalue weighted by molar-refractivity contribution is 9.09. The molecule has 1 aromatic carbocycles. The number of hydrogen-bond acceptors (Lipinski definition) is 3. The molecule has 0 saturated carbocycles. The van der Waals surface area contributed by atoms with Gasteiger partial charge in [0.1, 0.15) is 11.5 Å². The minimum atomic E-state index is -2.92. The average Bonchev–Trinajstić information content (AvgIpc) is 2.21. The Labute approximate surface area is 99.7 Å². The fourth-order valence-corrected chi connectivity index (χ4v) is 1.41. The minimum Gasteiger partial charge on any atom is -0.435 e. The van der Waals surface area contributed by atoms with Crippen LogP contribution in [0.5, 0.6) is 5.75 Å². The zero-order chi connectivity index (χ0) is 12.1. The zero-order valence-electron chi connectivity index (χ0n) is 8.25. The summed E-state index contributed by atoms with van der Waals surface area (Å²) < 4.78 is 28.4. The fraction of sp³-hybridized carbons (Fsp3) is 0.300. The molecule has 0 aromatic heterocycles. The number of carbonyl (C=O) groups excluding carboxylic acids is 1. The lowest BCUT2D eigenvalue weighted by Gasteiger charge is -2.10. The smallest absolute Gasteiger partial charge is 0.387 e. The van der Waals surface area contributed by atoms with Crippen molar-refractivity contribution in [3.63, 3.8) is 0 Å². The minimum absolute atomic E-state index is 0.0122.